The second kappa shape index (κ2) is 6.81. The molecule has 9 heteroatoms. The van der Waals surface area contributed by atoms with Crippen LogP contribution in [-0.4, -0.2) is 26.1 Å². The van der Waals surface area contributed by atoms with E-state index in [1.807, 2.05) is 6.07 Å². The van der Waals surface area contributed by atoms with Gasteiger partial charge >= 0.3 is 0 Å². The molecule has 1 aromatic heterocycles. The number of halogens is 3. The molecule has 3 aromatic rings. The number of anilines is 1. The molecule has 0 spiro atoms. The monoisotopic (exact) mass is 459 g/mol. The van der Waals surface area contributed by atoms with E-state index in [4.69, 9.17) is 23.2 Å². The maximum absolute atomic E-state index is 12.6. The smallest absolute Gasteiger partial charge is 0.257 e. The van der Waals surface area contributed by atoms with Gasteiger partial charge in [-0.2, -0.15) is 4.68 Å². The molecule has 0 unspecified atom stereocenters. The molecule has 3 rings (SSSR count). The number of rotatable bonds is 3. The Hall–Kier alpha value is -1.71. The van der Waals surface area contributed by atoms with Crippen LogP contribution in [0.1, 0.15) is 10.4 Å². The molecule has 0 bridgehead atoms. The number of amides is 1. The molecule has 1 amide bonds. The van der Waals surface area contributed by atoms with Gasteiger partial charge in [-0.15, -0.1) is 5.10 Å². The number of nitrogens with one attached hydrogen (secondary N) is 1. The molecule has 0 radical (unpaired) electrons. The Balaban J connectivity index is 1.97. The summed E-state index contributed by atoms with van der Waals surface area (Å²) in [4.78, 5) is 12.6. The van der Waals surface area contributed by atoms with Crippen molar-refractivity contribution in [1.82, 2.24) is 20.2 Å². The molecule has 1 N–H and O–H groups in total. The highest BCUT2D eigenvalue weighted by molar-refractivity contribution is 14.1. The molecular weight excluding hydrogens is 452 g/mol. The summed E-state index contributed by atoms with van der Waals surface area (Å²) in [5.74, 6) is -0.360. The zero-order valence-corrected chi connectivity index (χ0v) is 15.0. The van der Waals surface area contributed by atoms with Crippen LogP contribution in [0.2, 0.25) is 10.0 Å². The molecule has 116 valence electrons. The third-order valence-electron chi connectivity index (χ3n) is 2.98. The average molecular weight is 460 g/mol. The number of hydrogen-bond donors (Lipinski definition) is 1. The Morgan fingerprint density at radius 2 is 2.00 bits per heavy atom. The first-order valence-corrected chi connectivity index (χ1v) is 8.17. The molecule has 2 aromatic carbocycles. The molecule has 0 saturated heterocycles. The number of carbonyl (C=O) groups is 1. The summed E-state index contributed by atoms with van der Waals surface area (Å²) < 4.78 is 2.36. The van der Waals surface area contributed by atoms with Gasteiger partial charge in [-0.05, 0) is 69.4 Å². The van der Waals surface area contributed by atoms with Gasteiger partial charge in [0.2, 0.25) is 0 Å². The zero-order valence-electron chi connectivity index (χ0n) is 11.4. The zero-order chi connectivity index (χ0) is 16.4. The van der Waals surface area contributed by atoms with E-state index >= 15 is 0 Å². The van der Waals surface area contributed by atoms with Gasteiger partial charge in [0.05, 0.1) is 22.0 Å². The van der Waals surface area contributed by atoms with Crippen molar-refractivity contribution in [2.24, 2.45) is 0 Å². The first kappa shape index (κ1) is 16.2. The van der Waals surface area contributed by atoms with Crippen LogP contribution in [-0.2, 0) is 0 Å². The molecule has 0 aliphatic rings. The molecule has 23 heavy (non-hydrogen) atoms. The number of benzene rings is 2. The number of hydrogen-bond acceptors (Lipinski definition) is 4. The van der Waals surface area contributed by atoms with Gasteiger partial charge in [0.15, 0.2) is 0 Å². The van der Waals surface area contributed by atoms with Crippen LogP contribution < -0.4 is 5.32 Å². The minimum absolute atomic E-state index is 0.333. The predicted molar refractivity (Wildman–Crippen MR) is 96.3 cm³/mol. The van der Waals surface area contributed by atoms with E-state index in [1.54, 1.807) is 30.3 Å². The fourth-order valence-electron chi connectivity index (χ4n) is 1.94. The average Bonchev–Trinajstić information content (AvgIpc) is 3.04. The lowest BCUT2D eigenvalue weighted by Gasteiger charge is -2.11. The second-order valence-electron chi connectivity index (χ2n) is 4.49. The lowest BCUT2D eigenvalue weighted by Crippen LogP contribution is -2.15. The van der Waals surface area contributed by atoms with E-state index in [2.05, 4.69) is 43.4 Å². The summed E-state index contributed by atoms with van der Waals surface area (Å²) >= 11 is 14.3. The van der Waals surface area contributed by atoms with E-state index < -0.39 is 0 Å². The molecule has 0 aliphatic carbocycles. The molecule has 1 heterocycles. The van der Waals surface area contributed by atoms with Gasteiger partial charge in [0, 0.05) is 8.59 Å². The minimum atomic E-state index is -0.360. The van der Waals surface area contributed by atoms with Crippen molar-refractivity contribution in [3.05, 3.63) is 61.9 Å². The molecule has 0 saturated carbocycles. The normalized spacial score (nSPS) is 10.6. The summed E-state index contributed by atoms with van der Waals surface area (Å²) in [5, 5.41) is 14.6. The van der Waals surface area contributed by atoms with Crippen molar-refractivity contribution in [1.29, 1.82) is 0 Å². The summed E-state index contributed by atoms with van der Waals surface area (Å²) in [6.45, 7) is 0. The first-order valence-electron chi connectivity index (χ1n) is 6.34. The topological polar surface area (TPSA) is 72.7 Å². The Labute approximate surface area is 154 Å². The lowest BCUT2D eigenvalue weighted by atomic mass is 10.1. The maximum Gasteiger partial charge on any atom is 0.257 e. The van der Waals surface area contributed by atoms with Crippen molar-refractivity contribution >= 4 is 57.4 Å². The molecule has 0 fully saturated rings. The van der Waals surface area contributed by atoms with Gasteiger partial charge in [-0.25, -0.2) is 0 Å². The maximum atomic E-state index is 12.6. The highest BCUT2D eigenvalue weighted by Crippen LogP contribution is 2.26. The third-order valence-corrected chi connectivity index (χ3v) is 4.20. The van der Waals surface area contributed by atoms with Crippen molar-refractivity contribution in [3.63, 3.8) is 0 Å². The Kier molecular flexibility index (Phi) is 4.79. The van der Waals surface area contributed by atoms with Gasteiger partial charge in [0.1, 0.15) is 6.33 Å². The molecule has 0 atom stereocenters. The lowest BCUT2D eigenvalue weighted by molar-refractivity contribution is 0.102. The van der Waals surface area contributed by atoms with Crippen molar-refractivity contribution in [2.45, 2.75) is 0 Å². The Morgan fingerprint density at radius 1 is 1.17 bits per heavy atom. The molecule has 0 aliphatic heterocycles. The first-order chi connectivity index (χ1) is 11.0. The van der Waals surface area contributed by atoms with Crippen LogP contribution >= 0.6 is 45.8 Å². The summed E-state index contributed by atoms with van der Waals surface area (Å²) in [7, 11) is 0. The number of carbonyl (C=O) groups excluding carboxylic acids is 1. The number of tetrazole rings is 1. The van der Waals surface area contributed by atoms with E-state index in [0.717, 1.165) is 3.57 Å². The fraction of sp³-hybridized carbons (Fsp3) is 0. The van der Waals surface area contributed by atoms with Crippen molar-refractivity contribution < 1.29 is 4.79 Å². The standard InChI is InChI=1S/C14H8Cl2IN5O/c15-8-1-4-13(22-7-18-20-21-22)10(5-8)14(23)19-12-3-2-9(17)6-11(12)16/h1-7H,(H,19,23). The van der Waals surface area contributed by atoms with Crippen molar-refractivity contribution in [2.75, 3.05) is 5.32 Å². The van der Waals surface area contributed by atoms with Crippen LogP contribution in [0.25, 0.3) is 5.69 Å². The van der Waals surface area contributed by atoms with Crippen LogP contribution in [0.15, 0.2) is 42.7 Å². The van der Waals surface area contributed by atoms with E-state index in [1.165, 1.54) is 11.0 Å². The number of aromatic nitrogens is 4. The Bertz CT molecular complexity index is 870. The summed E-state index contributed by atoms with van der Waals surface area (Å²) in [6, 6.07) is 10.2. The largest absolute Gasteiger partial charge is 0.321 e. The highest BCUT2D eigenvalue weighted by Gasteiger charge is 2.16. The van der Waals surface area contributed by atoms with E-state index in [0.29, 0.717) is 27.0 Å². The highest BCUT2D eigenvalue weighted by atomic mass is 127. The fourth-order valence-corrected chi connectivity index (χ4v) is 3.02. The Morgan fingerprint density at radius 3 is 2.70 bits per heavy atom. The summed E-state index contributed by atoms with van der Waals surface area (Å²) in [5.41, 5.74) is 1.36. The quantitative estimate of drug-likeness (QED) is 0.604. The van der Waals surface area contributed by atoms with E-state index in [-0.39, 0.29) is 5.91 Å². The van der Waals surface area contributed by atoms with Crippen LogP contribution in [0.3, 0.4) is 0 Å². The van der Waals surface area contributed by atoms with Crippen molar-refractivity contribution in [3.8, 4) is 5.69 Å². The molecule has 6 nitrogen and oxygen atoms in total. The van der Waals surface area contributed by atoms with Gasteiger partial charge in [0.25, 0.3) is 5.91 Å². The second-order valence-corrected chi connectivity index (χ2v) is 6.58. The van der Waals surface area contributed by atoms with Gasteiger partial charge in [-0.3, -0.25) is 4.79 Å². The number of nitrogens with zero attached hydrogens (tertiary/aromatic N) is 4. The SMILES string of the molecule is O=C(Nc1ccc(I)cc1Cl)c1cc(Cl)ccc1-n1cnnn1. The van der Waals surface area contributed by atoms with Gasteiger partial charge < -0.3 is 5.32 Å². The predicted octanol–water partition coefficient (Wildman–Crippen LogP) is 3.83. The van der Waals surface area contributed by atoms with Crippen LogP contribution in [0.5, 0.6) is 0 Å². The van der Waals surface area contributed by atoms with Crippen LogP contribution in [0.4, 0.5) is 5.69 Å². The van der Waals surface area contributed by atoms with E-state index in [9.17, 15) is 4.79 Å². The van der Waals surface area contributed by atoms with Crippen LogP contribution in [0, 0.1) is 3.57 Å². The summed E-state index contributed by atoms with van der Waals surface area (Å²) in [6.07, 6.45) is 1.40. The molecular formula is C14H8Cl2IN5O. The third kappa shape index (κ3) is 3.62. The van der Waals surface area contributed by atoms with Gasteiger partial charge in [-0.1, -0.05) is 23.2 Å². The minimum Gasteiger partial charge on any atom is -0.321 e.